The Balaban J connectivity index is 1.47. The van der Waals surface area contributed by atoms with E-state index in [4.69, 9.17) is 0 Å². The molecule has 1 unspecified atom stereocenters. The largest absolute Gasteiger partial charge is 0.372 e. The summed E-state index contributed by atoms with van der Waals surface area (Å²) >= 11 is 4.67. The first-order chi connectivity index (χ1) is 12.5. The maximum Gasteiger partial charge on any atom is 0.262 e. The van der Waals surface area contributed by atoms with Gasteiger partial charge in [-0.2, -0.15) is 0 Å². The van der Waals surface area contributed by atoms with Gasteiger partial charge in [-0.25, -0.2) is 0 Å². The van der Waals surface area contributed by atoms with E-state index in [2.05, 4.69) is 43.6 Å². The molecule has 2 aromatic rings. The average molecular weight is 436 g/mol. The molecule has 1 atom stereocenters. The maximum atomic E-state index is 12.2. The van der Waals surface area contributed by atoms with Crippen LogP contribution >= 0.6 is 27.3 Å². The van der Waals surface area contributed by atoms with Crippen molar-refractivity contribution < 1.29 is 9.59 Å². The number of hydrogen-bond acceptors (Lipinski definition) is 4. The Hall–Kier alpha value is -1.86. The van der Waals surface area contributed by atoms with Gasteiger partial charge in [0, 0.05) is 25.3 Å². The molecule has 1 aromatic carbocycles. The SMILES string of the molecule is CC(NC(=O)c1ccc(Br)s1)C(=O)NCc1ccc(N2CCCC2)cc1. The molecule has 1 aromatic heterocycles. The second kappa shape index (κ2) is 8.68. The summed E-state index contributed by atoms with van der Waals surface area (Å²) in [5.74, 6) is -0.434. The third-order valence-corrected chi connectivity index (χ3v) is 6.03. The van der Waals surface area contributed by atoms with E-state index in [1.165, 1.54) is 29.9 Å². The number of carbonyl (C=O) groups is 2. The summed E-state index contributed by atoms with van der Waals surface area (Å²) in [6.07, 6.45) is 2.51. The first kappa shape index (κ1) is 18.9. The van der Waals surface area contributed by atoms with Gasteiger partial charge in [-0.05, 0) is 65.5 Å². The molecule has 1 fully saturated rings. The maximum absolute atomic E-state index is 12.2. The van der Waals surface area contributed by atoms with E-state index < -0.39 is 6.04 Å². The first-order valence-corrected chi connectivity index (χ1v) is 10.3. The van der Waals surface area contributed by atoms with E-state index in [0.29, 0.717) is 11.4 Å². The smallest absolute Gasteiger partial charge is 0.262 e. The minimum absolute atomic E-state index is 0.197. The van der Waals surface area contributed by atoms with Crippen LogP contribution < -0.4 is 15.5 Å². The Bertz CT molecular complexity index is 769. The zero-order chi connectivity index (χ0) is 18.5. The van der Waals surface area contributed by atoms with Crippen molar-refractivity contribution in [1.82, 2.24) is 10.6 Å². The van der Waals surface area contributed by atoms with Gasteiger partial charge in [-0.3, -0.25) is 9.59 Å². The van der Waals surface area contributed by atoms with Gasteiger partial charge >= 0.3 is 0 Å². The number of thiophene rings is 1. The monoisotopic (exact) mass is 435 g/mol. The second-order valence-electron chi connectivity index (χ2n) is 6.38. The zero-order valence-electron chi connectivity index (χ0n) is 14.6. The molecule has 0 bridgehead atoms. The van der Waals surface area contributed by atoms with Gasteiger partial charge in [0.2, 0.25) is 5.91 Å². The fourth-order valence-electron chi connectivity index (χ4n) is 2.91. The lowest BCUT2D eigenvalue weighted by molar-refractivity contribution is -0.122. The number of rotatable bonds is 6. The molecule has 1 saturated heterocycles. The number of amides is 2. The van der Waals surface area contributed by atoms with Gasteiger partial charge in [-0.15, -0.1) is 11.3 Å². The summed E-state index contributed by atoms with van der Waals surface area (Å²) in [7, 11) is 0. The number of benzene rings is 1. The number of anilines is 1. The van der Waals surface area contributed by atoms with E-state index in [9.17, 15) is 9.59 Å². The Morgan fingerprint density at radius 2 is 1.85 bits per heavy atom. The summed E-state index contributed by atoms with van der Waals surface area (Å²) in [5.41, 5.74) is 2.28. The molecule has 138 valence electrons. The number of nitrogens with one attached hydrogen (secondary N) is 2. The average Bonchev–Trinajstić information content (AvgIpc) is 3.31. The molecule has 2 N–H and O–H groups in total. The molecule has 5 nitrogen and oxygen atoms in total. The summed E-state index contributed by atoms with van der Waals surface area (Å²) in [4.78, 5) is 27.3. The minimum Gasteiger partial charge on any atom is -0.372 e. The fourth-order valence-corrected chi connectivity index (χ4v) is 4.20. The third kappa shape index (κ3) is 4.86. The number of halogens is 1. The molecular weight excluding hydrogens is 414 g/mol. The molecule has 0 radical (unpaired) electrons. The topological polar surface area (TPSA) is 61.4 Å². The molecular formula is C19H22BrN3O2S. The Labute approximate surface area is 165 Å². The lowest BCUT2D eigenvalue weighted by Gasteiger charge is -2.18. The molecule has 0 aliphatic carbocycles. The summed E-state index contributed by atoms with van der Waals surface area (Å²) < 4.78 is 0.886. The molecule has 2 amide bonds. The Morgan fingerprint density at radius 1 is 1.15 bits per heavy atom. The zero-order valence-corrected chi connectivity index (χ0v) is 17.0. The highest BCUT2D eigenvalue weighted by Gasteiger charge is 2.17. The predicted molar refractivity (Wildman–Crippen MR) is 109 cm³/mol. The van der Waals surface area contributed by atoms with Crippen LogP contribution in [0.25, 0.3) is 0 Å². The molecule has 1 aliphatic rings. The Kier molecular flexibility index (Phi) is 6.32. The van der Waals surface area contributed by atoms with E-state index >= 15 is 0 Å². The third-order valence-electron chi connectivity index (χ3n) is 4.41. The minimum atomic E-state index is -0.591. The highest BCUT2D eigenvalue weighted by atomic mass is 79.9. The lowest BCUT2D eigenvalue weighted by atomic mass is 10.2. The van der Waals surface area contributed by atoms with Gasteiger partial charge in [0.25, 0.3) is 5.91 Å². The van der Waals surface area contributed by atoms with Crippen molar-refractivity contribution in [2.24, 2.45) is 0 Å². The normalized spacial score (nSPS) is 14.9. The van der Waals surface area contributed by atoms with E-state index in [1.807, 2.05) is 18.2 Å². The van der Waals surface area contributed by atoms with Crippen LogP contribution in [-0.2, 0) is 11.3 Å². The number of hydrogen-bond donors (Lipinski definition) is 2. The van der Waals surface area contributed by atoms with Gasteiger partial charge < -0.3 is 15.5 Å². The quantitative estimate of drug-likeness (QED) is 0.728. The Morgan fingerprint density at radius 3 is 2.46 bits per heavy atom. The van der Waals surface area contributed by atoms with Gasteiger partial charge in [0.15, 0.2) is 0 Å². The van der Waals surface area contributed by atoms with Crippen molar-refractivity contribution in [3.8, 4) is 0 Å². The highest BCUT2D eigenvalue weighted by Crippen LogP contribution is 2.22. The molecule has 7 heteroatoms. The van der Waals surface area contributed by atoms with Crippen molar-refractivity contribution >= 4 is 44.8 Å². The van der Waals surface area contributed by atoms with Crippen molar-refractivity contribution in [1.29, 1.82) is 0 Å². The van der Waals surface area contributed by atoms with Gasteiger partial charge in [-0.1, -0.05) is 12.1 Å². The molecule has 26 heavy (non-hydrogen) atoms. The lowest BCUT2D eigenvalue weighted by Crippen LogP contribution is -2.44. The molecule has 0 spiro atoms. The van der Waals surface area contributed by atoms with Crippen LogP contribution in [0.1, 0.15) is 35.0 Å². The van der Waals surface area contributed by atoms with Gasteiger partial charge in [0.1, 0.15) is 6.04 Å². The fraction of sp³-hybridized carbons (Fsp3) is 0.368. The van der Waals surface area contributed by atoms with E-state index in [1.54, 1.807) is 13.0 Å². The van der Waals surface area contributed by atoms with Gasteiger partial charge in [0.05, 0.1) is 8.66 Å². The van der Waals surface area contributed by atoms with Crippen LogP contribution in [0.2, 0.25) is 0 Å². The van der Waals surface area contributed by atoms with Crippen molar-refractivity contribution in [2.75, 3.05) is 18.0 Å². The second-order valence-corrected chi connectivity index (χ2v) is 8.84. The standard InChI is InChI=1S/C19H22BrN3O2S/c1-13(22-19(25)16-8-9-17(20)26-16)18(24)21-12-14-4-6-15(7-5-14)23-10-2-3-11-23/h4-9,13H,2-3,10-12H2,1H3,(H,21,24)(H,22,25). The van der Waals surface area contributed by atoms with Crippen molar-refractivity contribution in [2.45, 2.75) is 32.4 Å². The molecule has 0 saturated carbocycles. The van der Waals surface area contributed by atoms with Crippen LogP contribution in [-0.4, -0.2) is 30.9 Å². The van der Waals surface area contributed by atoms with Crippen LogP contribution in [0.5, 0.6) is 0 Å². The van der Waals surface area contributed by atoms with E-state index in [-0.39, 0.29) is 11.8 Å². The molecule has 3 rings (SSSR count). The summed E-state index contributed by atoms with van der Waals surface area (Å²) in [6.45, 7) is 4.37. The number of nitrogens with zero attached hydrogens (tertiary/aromatic N) is 1. The first-order valence-electron chi connectivity index (χ1n) is 8.71. The van der Waals surface area contributed by atoms with Crippen molar-refractivity contribution in [3.63, 3.8) is 0 Å². The van der Waals surface area contributed by atoms with Crippen LogP contribution in [0.15, 0.2) is 40.2 Å². The van der Waals surface area contributed by atoms with Crippen LogP contribution in [0, 0.1) is 0 Å². The van der Waals surface area contributed by atoms with Crippen LogP contribution in [0.4, 0.5) is 5.69 Å². The molecule has 2 heterocycles. The number of carbonyl (C=O) groups excluding carboxylic acids is 2. The highest BCUT2D eigenvalue weighted by molar-refractivity contribution is 9.11. The molecule has 1 aliphatic heterocycles. The van der Waals surface area contributed by atoms with Crippen LogP contribution in [0.3, 0.4) is 0 Å². The summed E-state index contributed by atoms with van der Waals surface area (Å²) in [6, 6.07) is 11.2. The summed E-state index contributed by atoms with van der Waals surface area (Å²) in [5, 5.41) is 5.60. The van der Waals surface area contributed by atoms with Crippen molar-refractivity contribution in [3.05, 3.63) is 50.6 Å². The predicted octanol–water partition coefficient (Wildman–Crippen LogP) is 3.55. The van der Waals surface area contributed by atoms with E-state index in [0.717, 1.165) is 22.4 Å².